The van der Waals surface area contributed by atoms with E-state index < -0.39 is 5.82 Å². The quantitative estimate of drug-likeness (QED) is 0.892. The molecule has 5 heteroatoms. The molecule has 2 N–H and O–H groups in total. The highest BCUT2D eigenvalue weighted by molar-refractivity contribution is 9.10. The molecule has 1 aromatic carbocycles. The van der Waals surface area contributed by atoms with Crippen LogP contribution in [0.3, 0.4) is 0 Å². The van der Waals surface area contributed by atoms with Crippen LogP contribution in [0.2, 0.25) is 0 Å². The van der Waals surface area contributed by atoms with Crippen LogP contribution in [0.5, 0.6) is 0 Å². The van der Waals surface area contributed by atoms with Crippen molar-refractivity contribution in [2.45, 2.75) is 19.3 Å². The van der Waals surface area contributed by atoms with E-state index in [1.54, 1.807) is 6.07 Å². The minimum absolute atomic E-state index is 0.227. The van der Waals surface area contributed by atoms with Crippen molar-refractivity contribution < 1.29 is 9.18 Å². The lowest BCUT2D eigenvalue weighted by Crippen LogP contribution is -2.33. The molecule has 1 aliphatic heterocycles. The molecule has 1 unspecified atom stereocenters. The van der Waals surface area contributed by atoms with Gasteiger partial charge in [0.1, 0.15) is 5.82 Å². The third-order valence-electron chi connectivity index (χ3n) is 3.41. The molecular formula is C14H18BrFN2O. The zero-order valence-electron chi connectivity index (χ0n) is 10.7. The average Bonchev–Trinajstić information content (AvgIpc) is 2.42. The third-order valence-corrected chi connectivity index (χ3v) is 4.10. The number of nitrogens with one attached hydrogen (secondary N) is 2. The standard InChI is InChI=1S/C14H18BrFN2O/c15-13-4-3-11(16)8-12(13)14(19)18-7-5-10-2-1-6-17-9-10/h3-4,8,10,17H,1-2,5-7,9H2,(H,18,19). The molecule has 0 aliphatic carbocycles. The zero-order chi connectivity index (χ0) is 13.7. The summed E-state index contributed by atoms with van der Waals surface area (Å²) >= 11 is 3.26. The fourth-order valence-electron chi connectivity index (χ4n) is 2.33. The van der Waals surface area contributed by atoms with Gasteiger partial charge in [-0.2, -0.15) is 0 Å². The van der Waals surface area contributed by atoms with Crippen LogP contribution < -0.4 is 10.6 Å². The van der Waals surface area contributed by atoms with Gasteiger partial charge in [0, 0.05) is 11.0 Å². The molecule has 0 radical (unpaired) electrons. The summed E-state index contributed by atoms with van der Waals surface area (Å²) in [6.45, 7) is 2.76. The lowest BCUT2D eigenvalue weighted by molar-refractivity contribution is 0.0949. The second-order valence-corrected chi connectivity index (χ2v) is 5.74. The Hall–Kier alpha value is -0.940. The van der Waals surface area contributed by atoms with Crippen molar-refractivity contribution in [1.82, 2.24) is 10.6 Å². The van der Waals surface area contributed by atoms with E-state index in [0.717, 1.165) is 19.5 Å². The summed E-state index contributed by atoms with van der Waals surface area (Å²) in [4.78, 5) is 11.9. The average molecular weight is 329 g/mol. The zero-order valence-corrected chi connectivity index (χ0v) is 12.3. The van der Waals surface area contributed by atoms with Gasteiger partial charge >= 0.3 is 0 Å². The second kappa shape index (κ2) is 7.01. The topological polar surface area (TPSA) is 41.1 Å². The van der Waals surface area contributed by atoms with Gasteiger partial charge in [-0.15, -0.1) is 0 Å². The van der Waals surface area contributed by atoms with Gasteiger partial charge in [-0.1, -0.05) is 0 Å². The van der Waals surface area contributed by atoms with E-state index in [0.29, 0.717) is 22.5 Å². The van der Waals surface area contributed by atoms with E-state index >= 15 is 0 Å². The molecule has 1 fully saturated rings. The molecule has 104 valence electrons. The van der Waals surface area contributed by atoms with Crippen molar-refractivity contribution in [3.63, 3.8) is 0 Å². The number of rotatable bonds is 4. The minimum atomic E-state index is -0.398. The van der Waals surface area contributed by atoms with Crippen molar-refractivity contribution >= 4 is 21.8 Å². The van der Waals surface area contributed by atoms with E-state index in [2.05, 4.69) is 26.6 Å². The van der Waals surface area contributed by atoms with Crippen molar-refractivity contribution in [2.24, 2.45) is 5.92 Å². The van der Waals surface area contributed by atoms with Gasteiger partial charge in [-0.05, 0) is 72.4 Å². The summed E-state index contributed by atoms with van der Waals surface area (Å²) in [7, 11) is 0. The predicted octanol–water partition coefficient (Wildman–Crippen LogP) is 2.71. The number of halogens is 2. The number of carbonyl (C=O) groups excluding carboxylic acids is 1. The van der Waals surface area contributed by atoms with Crippen LogP contribution in [-0.4, -0.2) is 25.5 Å². The maximum Gasteiger partial charge on any atom is 0.252 e. The lowest BCUT2D eigenvalue weighted by Gasteiger charge is -2.22. The van der Waals surface area contributed by atoms with Crippen LogP contribution in [-0.2, 0) is 0 Å². The fraction of sp³-hybridized carbons (Fsp3) is 0.500. The molecule has 0 spiro atoms. The van der Waals surface area contributed by atoms with E-state index in [1.165, 1.54) is 25.0 Å². The second-order valence-electron chi connectivity index (χ2n) is 4.88. The van der Waals surface area contributed by atoms with Gasteiger partial charge < -0.3 is 10.6 Å². The third kappa shape index (κ3) is 4.28. The van der Waals surface area contributed by atoms with Gasteiger partial charge in [0.15, 0.2) is 0 Å². The highest BCUT2D eigenvalue weighted by atomic mass is 79.9. The smallest absolute Gasteiger partial charge is 0.252 e. The Kier molecular flexibility index (Phi) is 5.34. The maximum atomic E-state index is 13.1. The summed E-state index contributed by atoms with van der Waals surface area (Å²) in [5.74, 6) is 0.00461. The van der Waals surface area contributed by atoms with Gasteiger partial charge in [-0.3, -0.25) is 4.79 Å². The molecule has 2 rings (SSSR count). The number of amides is 1. The Morgan fingerprint density at radius 1 is 1.53 bits per heavy atom. The molecule has 1 atom stereocenters. The van der Waals surface area contributed by atoms with E-state index in [-0.39, 0.29) is 5.91 Å². The van der Waals surface area contributed by atoms with Crippen molar-refractivity contribution in [3.05, 3.63) is 34.1 Å². The van der Waals surface area contributed by atoms with Crippen LogP contribution in [0.4, 0.5) is 4.39 Å². The number of hydrogen-bond donors (Lipinski definition) is 2. The van der Waals surface area contributed by atoms with Gasteiger partial charge in [0.05, 0.1) is 5.56 Å². The van der Waals surface area contributed by atoms with Crippen LogP contribution in [0.15, 0.2) is 22.7 Å². The first kappa shape index (κ1) is 14.5. The van der Waals surface area contributed by atoms with Crippen molar-refractivity contribution in [3.8, 4) is 0 Å². The molecule has 1 aliphatic rings. The van der Waals surface area contributed by atoms with Gasteiger partial charge in [0.25, 0.3) is 5.91 Å². The maximum absolute atomic E-state index is 13.1. The minimum Gasteiger partial charge on any atom is -0.352 e. The van der Waals surface area contributed by atoms with Crippen LogP contribution in [0.1, 0.15) is 29.6 Å². The first-order valence-corrected chi connectivity index (χ1v) is 7.40. The van der Waals surface area contributed by atoms with Crippen molar-refractivity contribution in [2.75, 3.05) is 19.6 Å². The number of piperidine rings is 1. The van der Waals surface area contributed by atoms with Crippen LogP contribution in [0.25, 0.3) is 0 Å². The molecule has 1 amide bonds. The van der Waals surface area contributed by atoms with Gasteiger partial charge in [0.2, 0.25) is 0 Å². The number of hydrogen-bond acceptors (Lipinski definition) is 2. The lowest BCUT2D eigenvalue weighted by atomic mass is 9.96. The van der Waals surface area contributed by atoms with E-state index in [4.69, 9.17) is 0 Å². The van der Waals surface area contributed by atoms with E-state index in [9.17, 15) is 9.18 Å². The van der Waals surface area contributed by atoms with Gasteiger partial charge in [-0.25, -0.2) is 4.39 Å². The Bertz CT molecular complexity index is 447. The first-order chi connectivity index (χ1) is 9.16. The summed E-state index contributed by atoms with van der Waals surface area (Å²) in [6, 6.07) is 4.13. The SMILES string of the molecule is O=C(NCCC1CCCNC1)c1cc(F)ccc1Br. The summed E-state index contributed by atoms with van der Waals surface area (Å²) < 4.78 is 13.7. The predicted molar refractivity (Wildman–Crippen MR) is 76.6 cm³/mol. The molecule has 0 aromatic heterocycles. The molecule has 19 heavy (non-hydrogen) atoms. The fourth-order valence-corrected chi connectivity index (χ4v) is 2.75. The highest BCUT2D eigenvalue weighted by Gasteiger charge is 2.14. The largest absolute Gasteiger partial charge is 0.352 e. The number of carbonyl (C=O) groups is 1. The highest BCUT2D eigenvalue weighted by Crippen LogP contribution is 2.18. The number of benzene rings is 1. The Balaban J connectivity index is 1.82. The molecule has 0 saturated carbocycles. The van der Waals surface area contributed by atoms with E-state index in [1.807, 2.05) is 0 Å². The summed E-state index contributed by atoms with van der Waals surface area (Å²) in [6.07, 6.45) is 3.38. The molecule has 1 aromatic rings. The Labute approximate surface area is 121 Å². The Morgan fingerprint density at radius 2 is 2.37 bits per heavy atom. The normalized spacial score (nSPS) is 19.2. The first-order valence-electron chi connectivity index (χ1n) is 6.61. The molecule has 3 nitrogen and oxygen atoms in total. The molecular weight excluding hydrogens is 311 g/mol. The van der Waals surface area contributed by atoms with Crippen molar-refractivity contribution in [1.29, 1.82) is 0 Å². The molecule has 1 heterocycles. The Morgan fingerprint density at radius 3 is 3.11 bits per heavy atom. The molecule has 1 saturated heterocycles. The molecule has 0 bridgehead atoms. The summed E-state index contributed by atoms with van der Waals surface area (Å²) in [5.41, 5.74) is 0.349. The monoisotopic (exact) mass is 328 g/mol. The van der Waals surface area contributed by atoms with Crippen LogP contribution in [0, 0.1) is 11.7 Å². The van der Waals surface area contributed by atoms with Crippen LogP contribution >= 0.6 is 15.9 Å². The summed E-state index contributed by atoms with van der Waals surface area (Å²) in [5, 5.41) is 6.20.